The van der Waals surface area contributed by atoms with Gasteiger partial charge in [-0.2, -0.15) is 0 Å². The minimum Gasteiger partial charge on any atom is -0.335 e. The normalized spacial score (nSPS) is 17.4. The quantitative estimate of drug-likeness (QED) is 0.774. The molecule has 1 saturated heterocycles. The zero-order valence-electron chi connectivity index (χ0n) is 12.4. The molecule has 0 atom stereocenters. The van der Waals surface area contributed by atoms with Gasteiger partial charge in [-0.25, -0.2) is 9.99 Å². The first kappa shape index (κ1) is 15.0. The van der Waals surface area contributed by atoms with E-state index >= 15 is 0 Å². The number of nitrogens with one attached hydrogen (secondary N) is 2. The van der Waals surface area contributed by atoms with E-state index in [4.69, 9.17) is 11.6 Å². The smallest absolute Gasteiger partial charge is 0.258 e. The van der Waals surface area contributed by atoms with Gasteiger partial charge in [0.25, 0.3) is 5.91 Å². The van der Waals surface area contributed by atoms with E-state index in [2.05, 4.69) is 17.5 Å². The number of piperazine rings is 1. The van der Waals surface area contributed by atoms with Crippen LogP contribution in [0.25, 0.3) is 11.7 Å². The van der Waals surface area contributed by atoms with Gasteiger partial charge in [-0.15, -0.1) is 0 Å². The van der Waals surface area contributed by atoms with E-state index in [0.717, 1.165) is 31.8 Å². The molecule has 0 bridgehead atoms. The summed E-state index contributed by atoms with van der Waals surface area (Å²) in [7, 11) is 2.16. The highest BCUT2D eigenvalue weighted by atomic mass is 35.5. The number of nitrogens with zero attached hydrogens (tertiary/aromatic N) is 3. The maximum Gasteiger partial charge on any atom is 0.258 e. The van der Waals surface area contributed by atoms with Gasteiger partial charge in [0.1, 0.15) is 5.65 Å². The Morgan fingerprint density at radius 1 is 1.41 bits per heavy atom. The molecule has 6 nitrogen and oxygen atoms in total. The topological polar surface area (TPSA) is 54.1 Å². The van der Waals surface area contributed by atoms with Crippen molar-refractivity contribution in [3.05, 3.63) is 41.3 Å². The average molecular weight is 321 g/mol. The van der Waals surface area contributed by atoms with Crippen molar-refractivity contribution in [2.75, 3.05) is 33.2 Å². The first-order valence-electron chi connectivity index (χ1n) is 7.31. The number of carbonyl (C=O) groups is 1. The molecule has 1 aliphatic rings. The fourth-order valence-corrected chi connectivity index (χ4v) is 2.72. The number of rotatable bonds is 3. The van der Waals surface area contributed by atoms with Crippen LogP contribution in [0.5, 0.6) is 0 Å². The summed E-state index contributed by atoms with van der Waals surface area (Å²) in [5, 5.41) is 2.34. The average Bonchev–Trinajstić information content (AvgIpc) is 2.83. The van der Waals surface area contributed by atoms with Crippen LogP contribution in [0.15, 0.2) is 30.5 Å². The molecule has 116 valence electrons. The summed E-state index contributed by atoms with van der Waals surface area (Å²) in [4.78, 5) is 17.7. The van der Waals surface area contributed by atoms with Crippen molar-refractivity contribution in [3.63, 3.8) is 0 Å². The molecule has 0 aliphatic carbocycles. The second kappa shape index (κ2) is 6.48. The maximum atomic E-state index is 12.0. The Morgan fingerprint density at radius 2 is 2.18 bits per heavy atom. The summed E-state index contributed by atoms with van der Waals surface area (Å²) in [6, 6.07) is 5.67. The van der Waals surface area contributed by atoms with Crippen molar-refractivity contribution in [2.24, 2.45) is 0 Å². The number of hydrogen-bond acceptors (Lipinski definition) is 3. The fraction of sp³-hybridized carbons (Fsp3) is 0.333. The molecule has 1 amide bonds. The third kappa shape index (κ3) is 3.30. The number of hydrogen-bond donors (Lipinski definition) is 2. The lowest BCUT2D eigenvalue weighted by Gasteiger charge is -2.29. The number of amides is 1. The molecule has 0 aromatic carbocycles. The lowest BCUT2D eigenvalue weighted by Crippen LogP contribution is -3.12. The molecule has 3 rings (SSSR count). The van der Waals surface area contributed by atoms with Crippen LogP contribution in [0.1, 0.15) is 5.69 Å². The van der Waals surface area contributed by atoms with Crippen LogP contribution in [0.2, 0.25) is 5.15 Å². The molecule has 1 fully saturated rings. The first-order valence-corrected chi connectivity index (χ1v) is 7.69. The fourth-order valence-electron chi connectivity index (χ4n) is 2.48. The Labute approximate surface area is 133 Å². The predicted octanol–water partition coefficient (Wildman–Crippen LogP) is -0.138. The number of likely N-dealkylation sites (N-methyl/N-ethyl adjacent to an activating group) is 1. The molecule has 0 unspecified atom stereocenters. The SMILES string of the molecule is C[NH+]1CCN(NC(=O)/C=C/c2c(Cl)nc3ccccn23)CC1. The van der Waals surface area contributed by atoms with Crippen LogP contribution in [-0.2, 0) is 4.79 Å². The van der Waals surface area contributed by atoms with Gasteiger partial charge in [0, 0.05) is 12.3 Å². The summed E-state index contributed by atoms with van der Waals surface area (Å²) >= 11 is 6.13. The van der Waals surface area contributed by atoms with Crippen LogP contribution in [-0.4, -0.2) is 53.5 Å². The lowest BCUT2D eigenvalue weighted by molar-refractivity contribution is -0.884. The number of pyridine rings is 1. The largest absolute Gasteiger partial charge is 0.335 e. The van der Waals surface area contributed by atoms with E-state index in [9.17, 15) is 4.79 Å². The van der Waals surface area contributed by atoms with Gasteiger partial charge in [-0.3, -0.25) is 14.6 Å². The minimum absolute atomic E-state index is 0.151. The number of hydrazine groups is 1. The third-order valence-corrected chi connectivity index (χ3v) is 4.08. The highest BCUT2D eigenvalue weighted by molar-refractivity contribution is 6.31. The number of halogens is 1. The summed E-state index contributed by atoms with van der Waals surface area (Å²) in [6.07, 6.45) is 5.06. The van der Waals surface area contributed by atoms with Crippen LogP contribution >= 0.6 is 11.6 Å². The van der Waals surface area contributed by atoms with Gasteiger partial charge in [-0.05, 0) is 18.2 Å². The van der Waals surface area contributed by atoms with Gasteiger partial charge >= 0.3 is 0 Å². The Kier molecular flexibility index (Phi) is 4.42. The van der Waals surface area contributed by atoms with E-state index in [1.54, 1.807) is 6.08 Å². The summed E-state index contributed by atoms with van der Waals surface area (Å²) < 4.78 is 1.85. The van der Waals surface area contributed by atoms with Gasteiger partial charge in [-0.1, -0.05) is 17.7 Å². The summed E-state index contributed by atoms with van der Waals surface area (Å²) in [5.74, 6) is -0.151. The molecular formula is C15H19ClN5O+. The second-order valence-electron chi connectivity index (χ2n) is 5.47. The zero-order chi connectivity index (χ0) is 15.5. The lowest BCUT2D eigenvalue weighted by atomic mass is 10.3. The van der Waals surface area contributed by atoms with Crippen molar-refractivity contribution < 1.29 is 9.69 Å². The van der Waals surface area contributed by atoms with Gasteiger partial charge in [0.05, 0.1) is 38.9 Å². The highest BCUT2D eigenvalue weighted by Gasteiger charge is 2.17. The predicted molar refractivity (Wildman–Crippen MR) is 85.6 cm³/mol. The monoisotopic (exact) mass is 320 g/mol. The van der Waals surface area contributed by atoms with Gasteiger partial charge in [0.2, 0.25) is 0 Å². The van der Waals surface area contributed by atoms with Crippen molar-refractivity contribution in [1.29, 1.82) is 0 Å². The minimum atomic E-state index is -0.151. The van der Waals surface area contributed by atoms with E-state index in [1.807, 2.05) is 33.8 Å². The zero-order valence-corrected chi connectivity index (χ0v) is 13.2. The molecule has 22 heavy (non-hydrogen) atoms. The van der Waals surface area contributed by atoms with Crippen molar-refractivity contribution in [1.82, 2.24) is 19.8 Å². The van der Waals surface area contributed by atoms with Gasteiger partial charge in [0.15, 0.2) is 5.15 Å². The Balaban J connectivity index is 1.67. The second-order valence-corrected chi connectivity index (χ2v) is 5.83. The first-order chi connectivity index (χ1) is 10.6. The van der Waals surface area contributed by atoms with Crippen LogP contribution < -0.4 is 10.3 Å². The van der Waals surface area contributed by atoms with E-state index in [1.165, 1.54) is 11.0 Å². The van der Waals surface area contributed by atoms with Crippen molar-refractivity contribution >= 4 is 29.2 Å². The Morgan fingerprint density at radius 3 is 2.95 bits per heavy atom. The maximum absolute atomic E-state index is 12.0. The molecule has 0 radical (unpaired) electrons. The number of imidazole rings is 1. The van der Waals surface area contributed by atoms with Crippen LogP contribution in [0.4, 0.5) is 0 Å². The summed E-state index contributed by atoms with van der Waals surface area (Å²) in [5.41, 5.74) is 4.35. The molecule has 1 aliphatic heterocycles. The van der Waals surface area contributed by atoms with Crippen molar-refractivity contribution in [2.45, 2.75) is 0 Å². The number of carbonyl (C=O) groups excluding carboxylic acids is 1. The van der Waals surface area contributed by atoms with E-state index < -0.39 is 0 Å². The third-order valence-electron chi connectivity index (χ3n) is 3.80. The Bertz CT molecular complexity index is 703. The molecule has 0 saturated carbocycles. The molecule has 3 heterocycles. The standard InChI is InChI=1S/C15H18ClN5O/c1-19-8-10-20(11-9-19)18-14(22)6-5-12-15(16)17-13-4-2-3-7-21(12)13/h2-7H,8-11H2,1H3,(H,18,22)/p+1/b6-5+. The highest BCUT2D eigenvalue weighted by Crippen LogP contribution is 2.18. The Hall–Kier alpha value is -1.89. The number of quaternary nitrogens is 1. The van der Waals surface area contributed by atoms with Crippen LogP contribution in [0.3, 0.4) is 0 Å². The van der Waals surface area contributed by atoms with E-state index in [0.29, 0.717) is 10.8 Å². The van der Waals surface area contributed by atoms with Crippen LogP contribution in [0, 0.1) is 0 Å². The number of aromatic nitrogens is 2. The molecule has 0 spiro atoms. The molecule has 2 aromatic heterocycles. The van der Waals surface area contributed by atoms with Gasteiger partial charge < -0.3 is 4.90 Å². The van der Waals surface area contributed by atoms with E-state index in [-0.39, 0.29) is 5.91 Å². The molecule has 2 aromatic rings. The molecule has 2 N–H and O–H groups in total. The van der Waals surface area contributed by atoms with Crippen molar-refractivity contribution in [3.8, 4) is 0 Å². The number of fused-ring (bicyclic) bond motifs is 1. The molecular weight excluding hydrogens is 302 g/mol. The molecule has 7 heteroatoms. The summed E-state index contributed by atoms with van der Waals surface area (Å²) in [6.45, 7) is 3.79.